The van der Waals surface area contributed by atoms with E-state index in [1.54, 1.807) is 41.0 Å². The molecule has 132 valence electrons. The van der Waals surface area contributed by atoms with Crippen LogP contribution in [-0.4, -0.2) is 53.3 Å². The van der Waals surface area contributed by atoms with Crippen LogP contribution in [0.2, 0.25) is 5.02 Å². The number of rotatable bonds is 4. The highest BCUT2D eigenvalue weighted by Gasteiger charge is 2.33. The second kappa shape index (κ2) is 7.99. The lowest BCUT2D eigenvalue weighted by Crippen LogP contribution is -2.54. The number of hydrogen-bond acceptors (Lipinski definition) is 3. The van der Waals surface area contributed by atoms with Crippen molar-refractivity contribution in [3.63, 3.8) is 0 Å². The van der Waals surface area contributed by atoms with Gasteiger partial charge in [0.15, 0.2) is 0 Å². The van der Waals surface area contributed by atoms with Gasteiger partial charge in [0.2, 0.25) is 5.91 Å². The van der Waals surface area contributed by atoms with Gasteiger partial charge in [0.25, 0.3) is 5.91 Å². The molecule has 0 bridgehead atoms. The number of hydrogen-bond donors (Lipinski definition) is 1. The Kier molecular flexibility index (Phi) is 6.24. The van der Waals surface area contributed by atoms with E-state index in [-0.39, 0.29) is 11.8 Å². The van der Waals surface area contributed by atoms with Gasteiger partial charge in [-0.3, -0.25) is 9.59 Å². The number of benzene rings is 1. The molecule has 0 aromatic heterocycles. The minimum absolute atomic E-state index is 0.0230. The third kappa shape index (κ3) is 4.48. The third-order valence-corrected chi connectivity index (χ3v) is 4.67. The van der Waals surface area contributed by atoms with Gasteiger partial charge in [-0.25, -0.2) is 0 Å². The predicted octanol–water partition coefficient (Wildman–Crippen LogP) is 2.53. The lowest BCUT2D eigenvalue weighted by molar-refractivity contribution is -0.136. The second-order valence-electron chi connectivity index (χ2n) is 6.61. The zero-order valence-corrected chi connectivity index (χ0v) is 15.2. The van der Waals surface area contributed by atoms with E-state index >= 15 is 0 Å². The highest BCUT2D eigenvalue weighted by Crippen LogP contribution is 2.17. The van der Waals surface area contributed by atoms with Crippen LogP contribution in [-0.2, 0) is 4.79 Å². The second-order valence-corrected chi connectivity index (χ2v) is 7.05. The molecule has 1 heterocycles. The molecule has 1 aliphatic heterocycles. The van der Waals surface area contributed by atoms with Crippen molar-refractivity contribution < 1.29 is 9.59 Å². The summed E-state index contributed by atoms with van der Waals surface area (Å²) in [7, 11) is 0. The Morgan fingerprint density at radius 3 is 2.33 bits per heavy atom. The van der Waals surface area contributed by atoms with Crippen LogP contribution in [0.25, 0.3) is 0 Å². The van der Waals surface area contributed by atoms with Crippen LogP contribution < -0.4 is 5.73 Å². The molecule has 0 saturated carbocycles. The first-order valence-corrected chi connectivity index (χ1v) is 8.86. The van der Waals surface area contributed by atoms with Gasteiger partial charge < -0.3 is 15.5 Å². The molecule has 1 aliphatic rings. The van der Waals surface area contributed by atoms with Crippen LogP contribution in [0.3, 0.4) is 0 Å². The standard InChI is InChI=1S/C18H26ClN3O2/c1-3-9-18(2,20)17(24)22-11-4-10-21(12-13-22)16(23)14-5-7-15(19)8-6-14/h5-8H,3-4,9-13,20H2,1-2H3. The molecular formula is C18H26ClN3O2. The van der Waals surface area contributed by atoms with Gasteiger partial charge in [-0.2, -0.15) is 0 Å². The number of amides is 2. The van der Waals surface area contributed by atoms with Crippen molar-refractivity contribution in [2.75, 3.05) is 26.2 Å². The van der Waals surface area contributed by atoms with Gasteiger partial charge >= 0.3 is 0 Å². The van der Waals surface area contributed by atoms with E-state index in [0.29, 0.717) is 43.2 Å². The first-order valence-electron chi connectivity index (χ1n) is 8.48. The smallest absolute Gasteiger partial charge is 0.253 e. The maximum Gasteiger partial charge on any atom is 0.253 e. The van der Waals surface area contributed by atoms with E-state index in [9.17, 15) is 9.59 Å². The van der Waals surface area contributed by atoms with E-state index in [1.807, 2.05) is 6.92 Å². The number of carbonyl (C=O) groups excluding carboxylic acids is 2. The first-order chi connectivity index (χ1) is 11.3. The van der Waals surface area contributed by atoms with Crippen LogP contribution in [0.5, 0.6) is 0 Å². The molecule has 1 atom stereocenters. The summed E-state index contributed by atoms with van der Waals surface area (Å²) in [6, 6.07) is 6.90. The normalized spacial score (nSPS) is 18.0. The Labute approximate surface area is 148 Å². The fraction of sp³-hybridized carbons (Fsp3) is 0.556. The van der Waals surface area contributed by atoms with Crippen molar-refractivity contribution >= 4 is 23.4 Å². The minimum Gasteiger partial charge on any atom is -0.339 e. The Balaban J connectivity index is 2.01. The van der Waals surface area contributed by atoms with Gasteiger partial charge in [-0.05, 0) is 44.0 Å². The summed E-state index contributed by atoms with van der Waals surface area (Å²) in [5, 5.41) is 0.609. The molecule has 2 rings (SSSR count). The first kappa shape index (κ1) is 18.7. The maximum absolute atomic E-state index is 12.6. The fourth-order valence-corrected chi connectivity index (χ4v) is 3.21. The summed E-state index contributed by atoms with van der Waals surface area (Å²) >= 11 is 5.87. The highest BCUT2D eigenvalue weighted by atomic mass is 35.5. The van der Waals surface area contributed by atoms with E-state index in [1.165, 1.54) is 0 Å². The fourth-order valence-electron chi connectivity index (χ4n) is 3.09. The van der Waals surface area contributed by atoms with E-state index in [0.717, 1.165) is 12.8 Å². The SMILES string of the molecule is CCCC(C)(N)C(=O)N1CCCN(C(=O)c2ccc(Cl)cc2)CC1. The van der Waals surface area contributed by atoms with E-state index < -0.39 is 5.54 Å². The third-order valence-electron chi connectivity index (χ3n) is 4.42. The van der Waals surface area contributed by atoms with Crippen LogP contribution in [0.1, 0.15) is 43.5 Å². The molecule has 0 aliphatic carbocycles. The highest BCUT2D eigenvalue weighted by molar-refractivity contribution is 6.30. The number of halogens is 1. The van der Waals surface area contributed by atoms with Crippen molar-refractivity contribution in [2.45, 2.75) is 38.6 Å². The zero-order chi connectivity index (χ0) is 17.7. The van der Waals surface area contributed by atoms with Crippen molar-refractivity contribution in [1.82, 2.24) is 9.80 Å². The Bertz CT molecular complexity index is 586. The van der Waals surface area contributed by atoms with Crippen molar-refractivity contribution in [1.29, 1.82) is 0 Å². The van der Waals surface area contributed by atoms with Gasteiger partial charge in [0.1, 0.15) is 0 Å². The van der Waals surface area contributed by atoms with Crippen molar-refractivity contribution in [2.24, 2.45) is 5.73 Å². The molecule has 24 heavy (non-hydrogen) atoms. The minimum atomic E-state index is -0.829. The van der Waals surface area contributed by atoms with E-state index in [4.69, 9.17) is 17.3 Å². The maximum atomic E-state index is 12.6. The summed E-state index contributed by atoms with van der Waals surface area (Å²) in [6.07, 6.45) is 2.29. The molecule has 1 unspecified atom stereocenters. The van der Waals surface area contributed by atoms with Crippen LogP contribution in [0.15, 0.2) is 24.3 Å². The van der Waals surface area contributed by atoms with Crippen LogP contribution >= 0.6 is 11.6 Å². The monoisotopic (exact) mass is 351 g/mol. The van der Waals surface area contributed by atoms with Crippen LogP contribution in [0.4, 0.5) is 0 Å². The lowest BCUT2D eigenvalue weighted by atomic mass is 9.95. The summed E-state index contributed by atoms with van der Waals surface area (Å²) < 4.78 is 0. The summed E-state index contributed by atoms with van der Waals surface area (Å²) in [6.45, 7) is 6.14. The number of carbonyl (C=O) groups is 2. The Hall–Kier alpha value is -1.59. The zero-order valence-electron chi connectivity index (χ0n) is 14.4. The molecule has 0 spiro atoms. The molecule has 1 saturated heterocycles. The molecule has 1 aromatic rings. The Morgan fingerprint density at radius 2 is 1.71 bits per heavy atom. The topological polar surface area (TPSA) is 66.6 Å². The summed E-state index contributed by atoms with van der Waals surface area (Å²) in [4.78, 5) is 28.8. The molecule has 6 heteroatoms. The molecule has 2 N–H and O–H groups in total. The van der Waals surface area contributed by atoms with Gasteiger partial charge in [-0.15, -0.1) is 0 Å². The molecule has 0 radical (unpaired) electrons. The molecule has 1 fully saturated rings. The quantitative estimate of drug-likeness (QED) is 0.906. The summed E-state index contributed by atoms with van der Waals surface area (Å²) in [5.74, 6) is -0.0461. The van der Waals surface area contributed by atoms with Crippen molar-refractivity contribution in [3.05, 3.63) is 34.9 Å². The molecular weight excluding hydrogens is 326 g/mol. The average molecular weight is 352 g/mol. The molecule has 5 nitrogen and oxygen atoms in total. The molecule has 1 aromatic carbocycles. The van der Waals surface area contributed by atoms with Gasteiger partial charge in [0.05, 0.1) is 5.54 Å². The van der Waals surface area contributed by atoms with Gasteiger partial charge in [-0.1, -0.05) is 24.9 Å². The number of nitrogens with zero attached hydrogens (tertiary/aromatic N) is 2. The number of nitrogens with two attached hydrogens (primary N) is 1. The average Bonchev–Trinajstić information content (AvgIpc) is 2.80. The largest absolute Gasteiger partial charge is 0.339 e. The van der Waals surface area contributed by atoms with Crippen molar-refractivity contribution in [3.8, 4) is 0 Å². The van der Waals surface area contributed by atoms with E-state index in [2.05, 4.69) is 0 Å². The van der Waals surface area contributed by atoms with Crippen LogP contribution in [0, 0.1) is 0 Å². The lowest BCUT2D eigenvalue weighted by Gasteiger charge is -2.31. The predicted molar refractivity (Wildman–Crippen MR) is 96.1 cm³/mol. The summed E-state index contributed by atoms with van der Waals surface area (Å²) in [5.41, 5.74) is 5.96. The Morgan fingerprint density at radius 1 is 1.12 bits per heavy atom. The molecule has 2 amide bonds. The van der Waals surface area contributed by atoms with Gasteiger partial charge in [0, 0.05) is 36.8 Å².